The van der Waals surface area contributed by atoms with Gasteiger partial charge in [-0.1, -0.05) is 0 Å². The highest BCUT2D eigenvalue weighted by atomic mass is 15.3. The lowest BCUT2D eigenvalue weighted by Gasteiger charge is -2.25. The van der Waals surface area contributed by atoms with Gasteiger partial charge in [-0.25, -0.2) is 4.98 Å². The first-order valence-corrected chi connectivity index (χ1v) is 6.89. The van der Waals surface area contributed by atoms with Gasteiger partial charge in [0, 0.05) is 38.1 Å². The predicted molar refractivity (Wildman–Crippen MR) is 72.2 cm³/mol. The van der Waals surface area contributed by atoms with Crippen molar-refractivity contribution in [1.82, 2.24) is 24.9 Å². The second-order valence-corrected chi connectivity index (χ2v) is 5.67. The van der Waals surface area contributed by atoms with Crippen LogP contribution in [0.1, 0.15) is 12.7 Å². The summed E-state index contributed by atoms with van der Waals surface area (Å²) in [5.74, 6) is 3.35. The summed E-state index contributed by atoms with van der Waals surface area (Å²) in [4.78, 5) is 6.96. The van der Waals surface area contributed by atoms with Gasteiger partial charge in [0.1, 0.15) is 5.82 Å². The van der Waals surface area contributed by atoms with Gasteiger partial charge in [-0.3, -0.25) is 4.40 Å². The zero-order chi connectivity index (χ0) is 13.0. The van der Waals surface area contributed by atoms with E-state index in [1.807, 2.05) is 23.7 Å². The van der Waals surface area contributed by atoms with Crippen LogP contribution >= 0.6 is 0 Å². The monoisotopic (exact) mass is 258 g/mol. The fourth-order valence-electron chi connectivity index (χ4n) is 3.58. The topological polar surface area (TPSA) is 58.4 Å². The van der Waals surface area contributed by atoms with E-state index >= 15 is 0 Å². The molecule has 2 aromatic rings. The fraction of sp³-hybridized carbons (Fsp3) is 0.615. The maximum atomic E-state index is 4.56. The summed E-state index contributed by atoms with van der Waals surface area (Å²) in [6.07, 6.45) is 3.77. The minimum absolute atomic E-state index is 0.510. The Morgan fingerprint density at radius 3 is 3.05 bits per heavy atom. The van der Waals surface area contributed by atoms with Crippen molar-refractivity contribution in [2.45, 2.75) is 19.9 Å². The third-order valence-corrected chi connectivity index (χ3v) is 4.69. The molecule has 2 aromatic heterocycles. The average Bonchev–Trinajstić information content (AvgIpc) is 3.08. The maximum absolute atomic E-state index is 4.56. The zero-order valence-corrected chi connectivity index (χ0v) is 11.2. The van der Waals surface area contributed by atoms with E-state index in [1.54, 1.807) is 0 Å². The Kier molecular flexibility index (Phi) is 2.29. The van der Waals surface area contributed by atoms with Crippen LogP contribution in [0.15, 0.2) is 12.4 Å². The molecule has 6 nitrogen and oxygen atoms in total. The molecule has 3 atom stereocenters. The Bertz CT molecular complexity index is 621. The number of nitrogens with zero attached hydrogens (tertiary/aromatic N) is 5. The second kappa shape index (κ2) is 3.90. The summed E-state index contributed by atoms with van der Waals surface area (Å²) in [5, 5.41) is 11.9. The standard InChI is InChI=1S/C13H18N6/c1-8-11-6-14-5-10(11)7-19(8)12-13-17-16-9(2)18(13)4-3-15-12/h3-4,8,10-11,14H,5-7H2,1-2H3. The van der Waals surface area contributed by atoms with E-state index in [4.69, 9.17) is 0 Å². The summed E-state index contributed by atoms with van der Waals surface area (Å²) in [6.45, 7) is 7.58. The summed E-state index contributed by atoms with van der Waals surface area (Å²) in [7, 11) is 0. The van der Waals surface area contributed by atoms with Gasteiger partial charge in [0.15, 0.2) is 5.82 Å². The molecule has 1 N–H and O–H groups in total. The Morgan fingerprint density at radius 1 is 1.32 bits per heavy atom. The first-order chi connectivity index (χ1) is 9.25. The minimum Gasteiger partial charge on any atom is -0.350 e. The van der Waals surface area contributed by atoms with Gasteiger partial charge in [-0.15, -0.1) is 10.2 Å². The van der Waals surface area contributed by atoms with Crippen molar-refractivity contribution in [2.24, 2.45) is 11.8 Å². The van der Waals surface area contributed by atoms with Crippen LogP contribution in [0.4, 0.5) is 5.82 Å². The molecule has 0 amide bonds. The Balaban J connectivity index is 1.79. The molecule has 2 saturated heterocycles. The largest absolute Gasteiger partial charge is 0.350 e. The molecule has 4 heterocycles. The highest BCUT2D eigenvalue weighted by molar-refractivity contribution is 5.65. The molecule has 3 unspecified atom stereocenters. The first-order valence-electron chi connectivity index (χ1n) is 6.89. The lowest BCUT2D eigenvalue weighted by atomic mass is 9.95. The molecule has 0 aromatic carbocycles. The highest BCUT2D eigenvalue weighted by Crippen LogP contribution is 2.35. The molecule has 19 heavy (non-hydrogen) atoms. The number of fused-ring (bicyclic) bond motifs is 2. The molecule has 0 saturated carbocycles. The number of aryl methyl sites for hydroxylation is 1. The number of rotatable bonds is 1. The van der Waals surface area contributed by atoms with Gasteiger partial charge < -0.3 is 10.2 Å². The SMILES string of the molecule is Cc1nnc2c(N3CC4CNCC4C3C)nccn12. The third kappa shape index (κ3) is 1.49. The van der Waals surface area contributed by atoms with Crippen molar-refractivity contribution < 1.29 is 0 Å². The average molecular weight is 258 g/mol. The Labute approximate surface area is 111 Å². The summed E-state index contributed by atoms with van der Waals surface area (Å²) >= 11 is 0. The molecule has 0 bridgehead atoms. The van der Waals surface area contributed by atoms with Crippen molar-refractivity contribution in [3.63, 3.8) is 0 Å². The smallest absolute Gasteiger partial charge is 0.203 e. The van der Waals surface area contributed by atoms with Crippen LogP contribution in [0, 0.1) is 18.8 Å². The van der Waals surface area contributed by atoms with E-state index < -0.39 is 0 Å². The van der Waals surface area contributed by atoms with Crippen molar-refractivity contribution in [3.8, 4) is 0 Å². The maximum Gasteiger partial charge on any atom is 0.203 e. The zero-order valence-electron chi connectivity index (χ0n) is 11.2. The first kappa shape index (κ1) is 11.2. The fourth-order valence-corrected chi connectivity index (χ4v) is 3.58. The van der Waals surface area contributed by atoms with Gasteiger partial charge in [0.05, 0.1) is 0 Å². The van der Waals surface area contributed by atoms with Crippen molar-refractivity contribution in [2.75, 3.05) is 24.5 Å². The number of hydrogen-bond donors (Lipinski definition) is 1. The van der Waals surface area contributed by atoms with E-state index in [0.29, 0.717) is 6.04 Å². The van der Waals surface area contributed by atoms with Crippen LogP contribution in [0.25, 0.3) is 5.65 Å². The number of hydrogen-bond acceptors (Lipinski definition) is 5. The second-order valence-electron chi connectivity index (χ2n) is 5.67. The number of nitrogens with one attached hydrogen (secondary N) is 1. The van der Waals surface area contributed by atoms with Gasteiger partial charge >= 0.3 is 0 Å². The molecule has 4 rings (SSSR count). The van der Waals surface area contributed by atoms with E-state index in [1.165, 1.54) is 0 Å². The van der Waals surface area contributed by atoms with Gasteiger partial charge in [-0.05, 0) is 25.7 Å². The van der Waals surface area contributed by atoms with E-state index in [2.05, 4.69) is 32.3 Å². The van der Waals surface area contributed by atoms with Crippen LogP contribution in [0.2, 0.25) is 0 Å². The van der Waals surface area contributed by atoms with Crippen molar-refractivity contribution in [3.05, 3.63) is 18.2 Å². The highest BCUT2D eigenvalue weighted by Gasteiger charge is 2.42. The van der Waals surface area contributed by atoms with Crippen LogP contribution < -0.4 is 10.2 Å². The van der Waals surface area contributed by atoms with Crippen LogP contribution in [0.3, 0.4) is 0 Å². The molecule has 2 fully saturated rings. The van der Waals surface area contributed by atoms with E-state index in [0.717, 1.165) is 48.8 Å². The van der Waals surface area contributed by atoms with Crippen molar-refractivity contribution in [1.29, 1.82) is 0 Å². The van der Waals surface area contributed by atoms with Gasteiger partial charge in [-0.2, -0.15) is 0 Å². The van der Waals surface area contributed by atoms with E-state index in [9.17, 15) is 0 Å². The lowest BCUT2D eigenvalue weighted by Crippen LogP contribution is -2.34. The third-order valence-electron chi connectivity index (χ3n) is 4.69. The van der Waals surface area contributed by atoms with Crippen LogP contribution in [0.5, 0.6) is 0 Å². The molecule has 6 heteroatoms. The number of aromatic nitrogens is 4. The molecule has 0 spiro atoms. The molecule has 0 aliphatic carbocycles. The Hall–Kier alpha value is -1.69. The lowest BCUT2D eigenvalue weighted by molar-refractivity contribution is 0.471. The summed E-state index contributed by atoms with van der Waals surface area (Å²) < 4.78 is 2.02. The molecule has 100 valence electrons. The van der Waals surface area contributed by atoms with Crippen molar-refractivity contribution >= 4 is 11.5 Å². The summed E-state index contributed by atoms with van der Waals surface area (Å²) in [6, 6.07) is 0.510. The van der Waals surface area contributed by atoms with Gasteiger partial charge in [0.25, 0.3) is 0 Å². The normalized spacial score (nSPS) is 30.2. The molecular weight excluding hydrogens is 240 g/mol. The molecule has 0 radical (unpaired) electrons. The quantitative estimate of drug-likeness (QED) is 0.806. The summed E-state index contributed by atoms with van der Waals surface area (Å²) in [5.41, 5.74) is 0.875. The molecule has 2 aliphatic heterocycles. The predicted octanol–water partition coefficient (Wildman–Crippen LogP) is 0.477. The van der Waals surface area contributed by atoms with Crippen LogP contribution in [-0.2, 0) is 0 Å². The number of anilines is 1. The minimum atomic E-state index is 0.510. The van der Waals surface area contributed by atoms with Gasteiger partial charge in [0.2, 0.25) is 5.65 Å². The van der Waals surface area contributed by atoms with Crippen LogP contribution in [-0.4, -0.2) is 45.3 Å². The van der Waals surface area contributed by atoms with E-state index in [-0.39, 0.29) is 0 Å². The molecular formula is C13H18N6. The Morgan fingerprint density at radius 2 is 2.21 bits per heavy atom. The molecule has 2 aliphatic rings.